The van der Waals surface area contributed by atoms with Gasteiger partial charge in [-0.05, 0) is 18.6 Å². The number of anilines is 1. The van der Waals surface area contributed by atoms with Gasteiger partial charge in [-0.2, -0.15) is 8.42 Å². The van der Waals surface area contributed by atoms with Gasteiger partial charge in [0.1, 0.15) is 0 Å². The van der Waals surface area contributed by atoms with Crippen LogP contribution in [0.3, 0.4) is 0 Å². The van der Waals surface area contributed by atoms with Gasteiger partial charge >= 0.3 is 10.4 Å². The summed E-state index contributed by atoms with van der Waals surface area (Å²) in [6, 6.07) is 7.96. The van der Waals surface area contributed by atoms with Crippen molar-refractivity contribution in [2.24, 2.45) is 0 Å². The van der Waals surface area contributed by atoms with Gasteiger partial charge in [-0.15, -0.1) is 0 Å². The molecule has 8 nitrogen and oxygen atoms in total. The molecule has 0 saturated carbocycles. The van der Waals surface area contributed by atoms with E-state index in [1.54, 1.807) is 0 Å². The maximum absolute atomic E-state index is 11.4. The Morgan fingerprint density at radius 1 is 1.14 bits per heavy atom. The summed E-state index contributed by atoms with van der Waals surface area (Å²) < 4.78 is 55.8. The minimum Gasteiger partial charge on any atom is -0.384 e. The van der Waals surface area contributed by atoms with Crippen molar-refractivity contribution in [2.45, 2.75) is 13.8 Å². The molecule has 10 heteroatoms. The van der Waals surface area contributed by atoms with Gasteiger partial charge in [-0.3, -0.25) is 9.11 Å². The van der Waals surface area contributed by atoms with E-state index in [0.717, 1.165) is 11.3 Å². The van der Waals surface area contributed by atoms with E-state index in [2.05, 4.69) is 5.32 Å². The van der Waals surface area contributed by atoms with Crippen LogP contribution in [0.25, 0.3) is 0 Å². The summed E-state index contributed by atoms with van der Waals surface area (Å²) in [6.45, 7) is 5.48. The van der Waals surface area contributed by atoms with Crippen molar-refractivity contribution in [3.8, 4) is 0 Å². The average molecular weight is 354 g/mol. The SMILES string of the molecule is CCN(CCNc1ccccc1C)S(C)(=O)=O.O=S(=O)(O)O. The quantitative estimate of drug-likeness (QED) is 0.652. The first-order valence-electron chi connectivity index (χ1n) is 6.39. The van der Waals surface area contributed by atoms with Crippen LogP contribution in [0.1, 0.15) is 12.5 Å². The van der Waals surface area contributed by atoms with E-state index in [4.69, 9.17) is 17.5 Å². The lowest BCUT2D eigenvalue weighted by Gasteiger charge is -2.18. The highest BCUT2D eigenvalue weighted by Gasteiger charge is 2.13. The molecule has 1 aromatic rings. The van der Waals surface area contributed by atoms with Gasteiger partial charge in [0, 0.05) is 25.3 Å². The van der Waals surface area contributed by atoms with Gasteiger partial charge in [-0.25, -0.2) is 12.7 Å². The number of hydrogen-bond donors (Lipinski definition) is 3. The van der Waals surface area contributed by atoms with Gasteiger partial charge in [0.05, 0.1) is 6.26 Å². The molecule has 0 aromatic heterocycles. The molecular formula is C12H22N2O6S2. The predicted octanol–water partition coefficient (Wildman–Crippen LogP) is 1.04. The molecule has 0 fully saturated rings. The second-order valence-corrected chi connectivity index (χ2v) is 7.32. The van der Waals surface area contributed by atoms with Gasteiger partial charge in [0.15, 0.2) is 0 Å². The minimum absolute atomic E-state index is 0.490. The number of rotatable bonds is 6. The number of likely N-dealkylation sites (N-methyl/N-ethyl adjacent to an activating group) is 1. The van der Waals surface area contributed by atoms with E-state index in [-0.39, 0.29) is 0 Å². The molecule has 128 valence electrons. The molecule has 0 bridgehead atoms. The van der Waals surface area contributed by atoms with E-state index in [1.165, 1.54) is 10.6 Å². The summed E-state index contributed by atoms with van der Waals surface area (Å²) in [5.41, 5.74) is 2.21. The van der Waals surface area contributed by atoms with Crippen molar-refractivity contribution in [1.82, 2.24) is 4.31 Å². The first-order chi connectivity index (χ1) is 9.95. The third-order valence-electron chi connectivity index (χ3n) is 2.64. The Kier molecular flexibility index (Phi) is 8.56. The molecular weight excluding hydrogens is 332 g/mol. The Hall–Kier alpha value is -1.20. The number of sulfonamides is 1. The zero-order valence-electron chi connectivity index (χ0n) is 12.7. The second-order valence-electron chi connectivity index (χ2n) is 4.44. The van der Waals surface area contributed by atoms with E-state index >= 15 is 0 Å². The Morgan fingerprint density at radius 2 is 1.64 bits per heavy atom. The molecule has 0 atom stereocenters. The largest absolute Gasteiger partial charge is 0.394 e. The first kappa shape index (κ1) is 20.8. The fourth-order valence-electron chi connectivity index (χ4n) is 1.64. The van der Waals surface area contributed by atoms with E-state index < -0.39 is 20.4 Å². The number of nitrogens with one attached hydrogen (secondary N) is 1. The highest BCUT2D eigenvalue weighted by Crippen LogP contribution is 2.12. The number of para-hydroxylation sites is 1. The third-order valence-corrected chi connectivity index (χ3v) is 4.02. The highest BCUT2D eigenvalue weighted by atomic mass is 32.3. The summed E-state index contributed by atoms with van der Waals surface area (Å²) in [5.74, 6) is 0. The fourth-order valence-corrected chi connectivity index (χ4v) is 2.54. The molecule has 0 aliphatic rings. The number of hydrogen-bond acceptors (Lipinski definition) is 5. The topological polar surface area (TPSA) is 124 Å². The maximum atomic E-state index is 11.4. The normalized spacial score (nSPS) is 11.7. The predicted molar refractivity (Wildman–Crippen MR) is 85.9 cm³/mol. The van der Waals surface area contributed by atoms with Gasteiger partial charge in [-0.1, -0.05) is 25.1 Å². The zero-order valence-corrected chi connectivity index (χ0v) is 14.4. The molecule has 0 heterocycles. The second kappa shape index (κ2) is 9.06. The Morgan fingerprint density at radius 3 is 2.05 bits per heavy atom. The van der Waals surface area contributed by atoms with Gasteiger partial charge in [0.25, 0.3) is 0 Å². The summed E-state index contributed by atoms with van der Waals surface area (Å²) in [6.07, 6.45) is 1.24. The van der Waals surface area contributed by atoms with Crippen molar-refractivity contribution in [3.05, 3.63) is 29.8 Å². The molecule has 22 heavy (non-hydrogen) atoms. The third kappa shape index (κ3) is 10.5. The molecule has 1 rings (SSSR count). The smallest absolute Gasteiger partial charge is 0.384 e. The molecule has 1 aromatic carbocycles. The lowest BCUT2D eigenvalue weighted by molar-refractivity contribution is 0.381. The Balaban J connectivity index is 0.000000763. The zero-order chi connectivity index (χ0) is 17.4. The van der Waals surface area contributed by atoms with Crippen molar-refractivity contribution in [2.75, 3.05) is 31.2 Å². The Bertz CT molecular complexity index is 650. The van der Waals surface area contributed by atoms with Crippen LogP contribution >= 0.6 is 0 Å². The highest BCUT2D eigenvalue weighted by molar-refractivity contribution is 7.88. The molecule has 0 aliphatic carbocycles. The van der Waals surface area contributed by atoms with Crippen molar-refractivity contribution in [3.63, 3.8) is 0 Å². The van der Waals surface area contributed by atoms with Crippen LogP contribution in [0.15, 0.2) is 24.3 Å². The van der Waals surface area contributed by atoms with Crippen molar-refractivity contribution in [1.29, 1.82) is 0 Å². The van der Waals surface area contributed by atoms with Crippen LogP contribution in [-0.2, 0) is 20.4 Å². The molecule has 0 radical (unpaired) electrons. The lowest BCUT2D eigenvalue weighted by Crippen LogP contribution is -2.34. The van der Waals surface area contributed by atoms with E-state index in [1.807, 2.05) is 38.1 Å². The van der Waals surface area contributed by atoms with Crippen LogP contribution in [-0.4, -0.2) is 56.1 Å². The molecule has 0 amide bonds. The van der Waals surface area contributed by atoms with Gasteiger partial charge in [0.2, 0.25) is 10.0 Å². The number of nitrogens with zero attached hydrogens (tertiary/aromatic N) is 1. The standard InChI is InChI=1S/C12H20N2O2S.H2O4S/c1-4-14(17(3,15)16)10-9-13-12-8-6-5-7-11(12)2;1-5(2,3)4/h5-8,13H,4,9-10H2,1-3H3;(H2,1,2,3,4). The maximum Gasteiger partial charge on any atom is 0.394 e. The summed E-state index contributed by atoms with van der Waals surface area (Å²) >= 11 is 0. The number of benzene rings is 1. The molecule has 0 saturated heterocycles. The van der Waals surface area contributed by atoms with E-state index in [9.17, 15) is 8.42 Å². The minimum atomic E-state index is -4.67. The molecule has 0 aliphatic heterocycles. The molecule has 3 N–H and O–H groups in total. The summed E-state index contributed by atoms with van der Waals surface area (Å²) in [7, 11) is -7.75. The first-order valence-corrected chi connectivity index (χ1v) is 9.64. The monoisotopic (exact) mass is 354 g/mol. The van der Waals surface area contributed by atoms with Gasteiger partial charge < -0.3 is 5.32 Å². The fraction of sp³-hybridized carbons (Fsp3) is 0.500. The average Bonchev–Trinajstić information content (AvgIpc) is 2.33. The van der Waals surface area contributed by atoms with Crippen LogP contribution in [0.2, 0.25) is 0 Å². The lowest BCUT2D eigenvalue weighted by atomic mass is 10.2. The number of aryl methyl sites for hydroxylation is 1. The van der Waals surface area contributed by atoms with Crippen molar-refractivity contribution >= 4 is 26.1 Å². The summed E-state index contributed by atoms with van der Waals surface area (Å²) in [4.78, 5) is 0. The van der Waals surface area contributed by atoms with Crippen LogP contribution in [0, 0.1) is 6.92 Å². The summed E-state index contributed by atoms with van der Waals surface area (Å²) in [5, 5.41) is 3.24. The Labute approximate surface area is 131 Å². The van der Waals surface area contributed by atoms with Crippen molar-refractivity contribution < 1.29 is 25.9 Å². The molecule has 0 unspecified atom stereocenters. The van der Waals surface area contributed by atoms with E-state index in [0.29, 0.717) is 19.6 Å². The van der Waals surface area contributed by atoms with Crippen LogP contribution in [0.4, 0.5) is 5.69 Å². The van der Waals surface area contributed by atoms with Crippen LogP contribution < -0.4 is 5.32 Å². The van der Waals surface area contributed by atoms with Crippen LogP contribution in [0.5, 0.6) is 0 Å². The molecule has 0 spiro atoms.